The molecule has 0 radical (unpaired) electrons. The van der Waals surface area contributed by atoms with Crippen LogP contribution in [-0.4, -0.2) is 31.3 Å². The monoisotopic (exact) mass is 266 g/mol. The molecule has 1 fully saturated rings. The number of aromatic nitrogens is 1. The molecule has 0 N–H and O–H groups in total. The van der Waals surface area contributed by atoms with E-state index in [2.05, 4.69) is 4.98 Å². The number of nitrogens with zero attached hydrogens (tertiary/aromatic N) is 2. The van der Waals surface area contributed by atoms with E-state index < -0.39 is 0 Å². The summed E-state index contributed by atoms with van der Waals surface area (Å²) in [6.07, 6.45) is 0. The predicted molar refractivity (Wildman–Crippen MR) is 68.3 cm³/mol. The molecule has 0 amide bonds. The van der Waals surface area contributed by atoms with Crippen molar-refractivity contribution >= 4 is 28.6 Å². The van der Waals surface area contributed by atoms with E-state index in [4.69, 9.17) is 20.8 Å². The average Bonchev–Trinajstić information content (AvgIpc) is 2.39. The molecule has 2 heterocycles. The average molecular weight is 267 g/mol. The Morgan fingerprint density at radius 2 is 2.06 bits per heavy atom. The Kier molecular flexibility index (Phi) is 2.93. The first-order valence-electron chi connectivity index (χ1n) is 5.67. The summed E-state index contributed by atoms with van der Waals surface area (Å²) in [5, 5.41) is 0.973. The van der Waals surface area contributed by atoms with Crippen LogP contribution in [0.4, 0.5) is 6.01 Å². The molecule has 3 rings (SSSR count). The third-order valence-electron chi connectivity index (χ3n) is 2.85. The number of rotatable bonds is 1. The first kappa shape index (κ1) is 11.5. The first-order valence-corrected chi connectivity index (χ1v) is 6.05. The Morgan fingerprint density at radius 1 is 1.28 bits per heavy atom. The molecule has 18 heavy (non-hydrogen) atoms. The molecule has 1 aliphatic rings. The molecule has 0 spiro atoms. The molecule has 1 saturated heterocycles. The molecule has 1 aromatic carbocycles. The lowest BCUT2D eigenvalue weighted by atomic mass is 10.2. The number of benzene rings is 1. The summed E-state index contributed by atoms with van der Waals surface area (Å²) in [5.74, 6) is 0. The van der Waals surface area contributed by atoms with Gasteiger partial charge in [-0.05, 0) is 12.1 Å². The van der Waals surface area contributed by atoms with Crippen LogP contribution in [0.15, 0.2) is 27.4 Å². The van der Waals surface area contributed by atoms with Gasteiger partial charge in [-0.3, -0.25) is 4.79 Å². The Labute approximate surface area is 108 Å². The van der Waals surface area contributed by atoms with Gasteiger partial charge in [0.1, 0.15) is 5.58 Å². The molecule has 6 heteroatoms. The zero-order valence-electron chi connectivity index (χ0n) is 9.56. The van der Waals surface area contributed by atoms with Gasteiger partial charge in [-0.25, -0.2) is 0 Å². The van der Waals surface area contributed by atoms with Gasteiger partial charge >= 0.3 is 6.01 Å². The van der Waals surface area contributed by atoms with Gasteiger partial charge in [0.2, 0.25) is 0 Å². The number of fused-ring (bicyclic) bond motifs is 1. The molecule has 0 atom stereocenters. The Bertz CT molecular complexity index is 635. The standard InChI is InChI=1S/C12H11ClN2O3/c13-8-1-2-9-10(7-8)18-12(14-11(9)16)15-3-5-17-6-4-15/h1-2,7H,3-6H2. The SMILES string of the molecule is O=c1nc(N2CCOCC2)oc2cc(Cl)ccc12. The summed E-state index contributed by atoms with van der Waals surface area (Å²) in [6.45, 7) is 2.56. The fourth-order valence-corrected chi connectivity index (χ4v) is 2.08. The smallest absolute Gasteiger partial charge is 0.301 e. The fraction of sp³-hybridized carbons (Fsp3) is 0.333. The van der Waals surface area contributed by atoms with E-state index in [1.807, 2.05) is 4.90 Å². The lowest BCUT2D eigenvalue weighted by Gasteiger charge is -2.25. The highest BCUT2D eigenvalue weighted by Crippen LogP contribution is 2.20. The third kappa shape index (κ3) is 2.07. The van der Waals surface area contributed by atoms with Crippen molar-refractivity contribution in [3.63, 3.8) is 0 Å². The summed E-state index contributed by atoms with van der Waals surface area (Å²) in [4.78, 5) is 17.7. The minimum Gasteiger partial charge on any atom is -0.425 e. The van der Waals surface area contributed by atoms with Crippen molar-refractivity contribution in [2.45, 2.75) is 0 Å². The second-order valence-corrected chi connectivity index (χ2v) is 4.48. The Morgan fingerprint density at radius 3 is 2.83 bits per heavy atom. The number of morpholine rings is 1. The van der Waals surface area contributed by atoms with Crippen molar-refractivity contribution in [1.82, 2.24) is 4.98 Å². The van der Waals surface area contributed by atoms with Crippen molar-refractivity contribution < 1.29 is 9.15 Å². The fourth-order valence-electron chi connectivity index (χ4n) is 1.92. The summed E-state index contributed by atoms with van der Waals surface area (Å²) < 4.78 is 10.9. The highest BCUT2D eigenvalue weighted by molar-refractivity contribution is 6.31. The van der Waals surface area contributed by atoms with Crippen LogP contribution in [0.1, 0.15) is 0 Å². The topological polar surface area (TPSA) is 55.6 Å². The number of hydrogen-bond donors (Lipinski definition) is 0. The minimum atomic E-state index is -0.297. The van der Waals surface area contributed by atoms with E-state index >= 15 is 0 Å². The van der Waals surface area contributed by atoms with Crippen LogP contribution in [0, 0.1) is 0 Å². The number of ether oxygens (including phenoxy) is 1. The zero-order chi connectivity index (χ0) is 12.5. The van der Waals surface area contributed by atoms with E-state index in [-0.39, 0.29) is 5.56 Å². The predicted octanol–water partition coefficient (Wildman–Crippen LogP) is 1.68. The zero-order valence-corrected chi connectivity index (χ0v) is 10.3. The molecule has 0 saturated carbocycles. The van der Waals surface area contributed by atoms with E-state index in [1.165, 1.54) is 0 Å². The molecule has 0 bridgehead atoms. The maximum atomic E-state index is 11.9. The lowest BCUT2D eigenvalue weighted by molar-refractivity contribution is 0.120. The summed E-state index contributed by atoms with van der Waals surface area (Å²) in [7, 11) is 0. The summed E-state index contributed by atoms with van der Waals surface area (Å²) in [6, 6.07) is 5.23. The largest absolute Gasteiger partial charge is 0.425 e. The summed E-state index contributed by atoms with van der Waals surface area (Å²) >= 11 is 5.89. The second-order valence-electron chi connectivity index (χ2n) is 4.04. The van der Waals surface area contributed by atoms with Crippen LogP contribution in [0.2, 0.25) is 5.02 Å². The Balaban J connectivity index is 2.10. The first-order chi connectivity index (χ1) is 8.74. The molecule has 94 valence electrons. The van der Waals surface area contributed by atoms with E-state index in [0.29, 0.717) is 48.3 Å². The molecule has 0 aliphatic carbocycles. The van der Waals surface area contributed by atoms with Crippen LogP contribution in [0.3, 0.4) is 0 Å². The van der Waals surface area contributed by atoms with E-state index in [1.54, 1.807) is 18.2 Å². The van der Waals surface area contributed by atoms with Crippen LogP contribution < -0.4 is 10.5 Å². The molecule has 5 nitrogen and oxygen atoms in total. The van der Waals surface area contributed by atoms with E-state index in [9.17, 15) is 4.79 Å². The normalized spacial score (nSPS) is 16.2. The van der Waals surface area contributed by atoms with Crippen LogP contribution in [0.5, 0.6) is 0 Å². The van der Waals surface area contributed by atoms with Crippen molar-refractivity contribution in [2.24, 2.45) is 0 Å². The Hall–Kier alpha value is -1.59. The van der Waals surface area contributed by atoms with E-state index in [0.717, 1.165) is 0 Å². The van der Waals surface area contributed by atoms with Crippen LogP contribution in [-0.2, 0) is 4.74 Å². The lowest BCUT2D eigenvalue weighted by Crippen LogP contribution is -2.37. The van der Waals surface area contributed by atoms with Crippen LogP contribution in [0.25, 0.3) is 11.0 Å². The molecule has 2 aromatic rings. The van der Waals surface area contributed by atoms with Crippen molar-refractivity contribution in [3.8, 4) is 0 Å². The van der Waals surface area contributed by atoms with Gasteiger partial charge in [0.25, 0.3) is 5.56 Å². The van der Waals surface area contributed by atoms with Gasteiger partial charge in [0, 0.05) is 24.2 Å². The number of anilines is 1. The molecular formula is C12H11ClN2O3. The highest BCUT2D eigenvalue weighted by Gasteiger charge is 2.16. The van der Waals surface area contributed by atoms with Crippen molar-refractivity contribution in [2.75, 3.05) is 31.2 Å². The van der Waals surface area contributed by atoms with Gasteiger partial charge < -0.3 is 14.1 Å². The maximum Gasteiger partial charge on any atom is 0.301 e. The van der Waals surface area contributed by atoms with Gasteiger partial charge in [-0.2, -0.15) is 4.98 Å². The summed E-state index contributed by atoms with van der Waals surface area (Å²) in [5.41, 5.74) is 0.165. The van der Waals surface area contributed by atoms with Gasteiger partial charge in [-0.15, -0.1) is 0 Å². The van der Waals surface area contributed by atoms with Gasteiger partial charge in [0.15, 0.2) is 0 Å². The molecule has 1 aliphatic heterocycles. The minimum absolute atomic E-state index is 0.297. The van der Waals surface area contributed by atoms with Crippen molar-refractivity contribution in [3.05, 3.63) is 33.6 Å². The molecule has 0 unspecified atom stereocenters. The second kappa shape index (κ2) is 4.59. The number of halogens is 1. The highest BCUT2D eigenvalue weighted by atomic mass is 35.5. The van der Waals surface area contributed by atoms with Gasteiger partial charge in [0.05, 0.1) is 18.6 Å². The van der Waals surface area contributed by atoms with Crippen molar-refractivity contribution in [1.29, 1.82) is 0 Å². The molecule has 1 aromatic heterocycles. The maximum absolute atomic E-state index is 11.9. The van der Waals surface area contributed by atoms with Crippen LogP contribution >= 0.6 is 11.6 Å². The molecular weight excluding hydrogens is 256 g/mol. The van der Waals surface area contributed by atoms with Gasteiger partial charge in [-0.1, -0.05) is 11.6 Å². The quantitative estimate of drug-likeness (QED) is 0.786. The number of hydrogen-bond acceptors (Lipinski definition) is 5. The third-order valence-corrected chi connectivity index (χ3v) is 3.09.